The van der Waals surface area contributed by atoms with E-state index < -0.39 is 9.84 Å². The molecule has 0 fully saturated rings. The van der Waals surface area contributed by atoms with Gasteiger partial charge in [-0.15, -0.1) is 11.3 Å². The minimum absolute atomic E-state index is 0.0537. The summed E-state index contributed by atoms with van der Waals surface area (Å²) in [7, 11) is -3.45. The van der Waals surface area contributed by atoms with Crippen molar-refractivity contribution in [2.75, 3.05) is 12.3 Å². The van der Waals surface area contributed by atoms with Crippen LogP contribution in [0, 0.1) is 13.8 Å². The average molecular weight is 429 g/mol. The maximum absolute atomic E-state index is 12.3. The van der Waals surface area contributed by atoms with Crippen molar-refractivity contribution in [3.8, 4) is 10.6 Å². The van der Waals surface area contributed by atoms with E-state index >= 15 is 0 Å². The first-order chi connectivity index (χ1) is 13.8. The Bertz CT molecular complexity index is 1070. The number of hydrogen-bond acceptors (Lipinski definition) is 5. The third-order valence-electron chi connectivity index (χ3n) is 4.53. The first-order valence-electron chi connectivity index (χ1n) is 9.41. The molecule has 0 saturated carbocycles. The van der Waals surface area contributed by atoms with Gasteiger partial charge in [0.1, 0.15) is 5.01 Å². The summed E-state index contributed by atoms with van der Waals surface area (Å²) in [6.45, 7) is 4.38. The largest absolute Gasteiger partial charge is 0.356 e. The number of carbonyl (C=O) groups excluding carboxylic acids is 1. The lowest BCUT2D eigenvalue weighted by molar-refractivity contribution is -0.120. The predicted molar refractivity (Wildman–Crippen MR) is 117 cm³/mol. The molecule has 0 saturated heterocycles. The van der Waals surface area contributed by atoms with Crippen molar-refractivity contribution in [1.29, 1.82) is 0 Å². The fraction of sp³-hybridized carbons (Fsp3) is 0.273. The molecule has 0 unspecified atom stereocenters. The fourth-order valence-electron chi connectivity index (χ4n) is 2.76. The highest BCUT2D eigenvalue weighted by Crippen LogP contribution is 2.24. The Kier molecular flexibility index (Phi) is 6.82. The molecule has 0 aliphatic heterocycles. The highest BCUT2D eigenvalue weighted by molar-refractivity contribution is 7.91. The van der Waals surface area contributed by atoms with Gasteiger partial charge in [0, 0.05) is 30.3 Å². The third-order valence-corrected chi connectivity index (χ3v) is 7.20. The molecule has 0 radical (unpaired) electrons. The van der Waals surface area contributed by atoms with E-state index in [0.717, 1.165) is 21.8 Å². The SMILES string of the molecule is Cc1ccc(-c2nc(CCNC(=O)CCS(=O)(=O)c3ccc(C)cc3)cs2)cc1. The molecule has 0 atom stereocenters. The molecule has 7 heteroatoms. The number of rotatable bonds is 8. The Morgan fingerprint density at radius 1 is 1.00 bits per heavy atom. The van der Waals surface area contributed by atoms with Crippen LogP contribution in [0.15, 0.2) is 58.8 Å². The topological polar surface area (TPSA) is 76.1 Å². The van der Waals surface area contributed by atoms with E-state index in [1.807, 2.05) is 31.4 Å². The first kappa shape index (κ1) is 21.2. The van der Waals surface area contributed by atoms with E-state index in [9.17, 15) is 13.2 Å². The van der Waals surface area contributed by atoms with Crippen LogP contribution in [0.4, 0.5) is 0 Å². The molecular weight excluding hydrogens is 404 g/mol. The van der Waals surface area contributed by atoms with Gasteiger partial charge in [0.25, 0.3) is 0 Å². The summed E-state index contributed by atoms with van der Waals surface area (Å²) in [5, 5.41) is 5.73. The van der Waals surface area contributed by atoms with Crippen molar-refractivity contribution in [1.82, 2.24) is 10.3 Å². The fourth-order valence-corrected chi connectivity index (χ4v) is 4.86. The lowest BCUT2D eigenvalue weighted by atomic mass is 10.2. The van der Waals surface area contributed by atoms with E-state index in [4.69, 9.17) is 0 Å². The van der Waals surface area contributed by atoms with Crippen LogP contribution in [0.3, 0.4) is 0 Å². The molecule has 3 aromatic rings. The number of aromatic nitrogens is 1. The van der Waals surface area contributed by atoms with Crippen LogP contribution >= 0.6 is 11.3 Å². The molecule has 0 bridgehead atoms. The molecule has 0 aliphatic carbocycles. The third kappa shape index (κ3) is 5.98. The van der Waals surface area contributed by atoms with E-state index in [1.54, 1.807) is 35.6 Å². The van der Waals surface area contributed by atoms with Gasteiger partial charge in [-0.05, 0) is 26.0 Å². The van der Waals surface area contributed by atoms with Crippen molar-refractivity contribution >= 4 is 27.1 Å². The number of carbonyl (C=O) groups is 1. The summed E-state index contributed by atoms with van der Waals surface area (Å²) in [5.41, 5.74) is 4.20. The van der Waals surface area contributed by atoms with Crippen molar-refractivity contribution in [3.63, 3.8) is 0 Å². The molecule has 5 nitrogen and oxygen atoms in total. The van der Waals surface area contributed by atoms with Crippen LogP contribution in [0.2, 0.25) is 0 Å². The van der Waals surface area contributed by atoms with Crippen molar-refractivity contribution in [3.05, 3.63) is 70.7 Å². The molecule has 1 N–H and O–H groups in total. The highest BCUT2D eigenvalue weighted by atomic mass is 32.2. The minimum Gasteiger partial charge on any atom is -0.356 e. The molecule has 0 spiro atoms. The van der Waals surface area contributed by atoms with Crippen molar-refractivity contribution < 1.29 is 13.2 Å². The molecule has 1 heterocycles. The summed E-state index contributed by atoms with van der Waals surface area (Å²) < 4.78 is 24.6. The van der Waals surface area contributed by atoms with Crippen LogP contribution in [-0.4, -0.2) is 31.6 Å². The highest BCUT2D eigenvalue weighted by Gasteiger charge is 2.16. The zero-order valence-corrected chi connectivity index (χ0v) is 18.1. The molecule has 0 aliphatic rings. The summed E-state index contributed by atoms with van der Waals surface area (Å²) in [6.07, 6.45) is 0.556. The Morgan fingerprint density at radius 3 is 2.28 bits per heavy atom. The molecule has 29 heavy (non-hydrogen) atoms. The van der Waals surface area contributed by atoms with E-state index in [0.29, 0.717) is 13.0 Å². The molecule has 3 rings (SSSR count). The second-order valence-electron chi connectivity index (χ2n) is 6.99. The van der Waals surface area contributed by atoms with Crippen LogP contribution in [0.25, 0.3) is 10.6 Å². The van der Waals surface area contributed by atoms with Gasteiger partial charge < -0.3 is 5.32 Å². The zero-order chi connectivity index (χ0) is 20.9. The smallest absolute Gasteiger partial charge is 0.221 e. The van der Waals surface area contributed by atoms with Gasteiger partial charge in [-0.1, -0.05) is 47.5 Å². The summed E-state index contributed by atoms with van der Waals surface area (Å²) >= 11 is 1.58. The van der Waals surface area contributed by atoms with Gasteiger partial charge >= 0.3 is 0 Å². The van der Waals surface area contributed by atoms with Gasteiger partial charge in [-0.2, -0.15) is 0 Å². The Balaban J connectivity index is 1.45. The number of aryl methyl sites for hydroxylation is 2. The molecule has 1 amide bonds. The van der Waals surface area contributed by atoms with Gasteiger partial charge in [0.05, 0.1) is 16.3 Å². The zero-order valence-electron chi connectivity index (χ0n) is 16.5. The van der Waals surface area contributed by atoms with Gasteiger partial charge in [-0.3, -0.25) is 4.79 Å². The quantitative estimate of drug-likeness (QED) is 0.589. The van der Waals surface area contributed by atoms with E-state index in [-0.39, 0.29) is 23.0 Å². The second kappa shape index (κ2) is 9.33. The van der Waals surface area contributed by atoms with Gasteiger partial charge in [0.15, 0.2) is 9.84 Å². The number of nitrogens with zero attached hydrogens (tertiary/aromatic N) is 1. The van der Waals surface area contributed by atoms with Crippen LogP contribution in [-0.2, 0) is 21.1 Å². The van der Waals surface area contributed by atoms with E-state index in [2.05, 4.69) is 22.4 Å². The number of nitrogens with one attached hydrogen (secondary N) is 1. The molecule has 152 valence electrons. The predicted octanol–water partition coefficient (Wildman–Crippen LogP) is 3.95. The Hall–Kier alpha value is -2.51. The average Bonchev–Trinajstić information content (AvgIpc) is 3.16. The molecule has 1 aromatic heterocycles. The van der Waals surface area contributed by atoms with Crippen molar-refractivity contribution in [2.24, 2.45) is 0 Å². The maximum Gasteiger partial charge on any atom is 0.221 e. The monoisotopic (exact) mass is 428 g/mol. The summed E-state index contributed by atoms with van der Waals surface area (Å²) in [5.74, 6) is -0.467. The lowest BCUT2D eigenvalue weighted by Gasteiger charge is -2.06. The molecule has 2 aromatic carbocycles. The van der Waals surface area contributed by atoms with E-state index in [1.165, 1.54) is 5.56 Å². The maximum atomic E-state index is 12.3. The Morgan fingerprint density at radius 2 is 1.62 bits per heavy atom. The number of hydrogen-bond donors (Lipinski definition) is 1. The van der Waals surface area contributed by atoms with Gasteiger partial charge in [0.2, 0.25) is 5.91 Å². The van der Waals surface area contributed by atoms with Crippen molar-refractivity contribution in [2.45, 2.75) is 31.6 Å². The normalized spacial score (nSPS) is 11.4. The van der Waals surface area contributed by atoms with Crippen LogP contribution in [0.1, 0.15) is 23.2 Å². The summed E-state index contributed by atoms with van der Waals surface area (Å²) in [6, 6.07) is 14.9. The number of sulfone groups is 1. The number of benzene rings is 2. The number of amides is 1. The van der Waals surface area contributed by atoms with Crippen LogP contribution in [0.5, 0.6) is 0 Å². The second-order valence-corrected chi connectivity index (χ2v) is 9.96. The summed E-state index contributed by atoms with van der Waals surface area (Å²) in [4.78, 5) is 16.9. The number of thiazole rings is 1. The molecular formula is C22H24N2O3S2. The standard InChI is InChI=1S/C22H24N2O3S2/c1-16-3-7-18(8-4-16)22-24-19(15-28-22)11-13-23-21(25)12-14-29(26,27)20-9-5-17(2)6-10-20/h3-10,15H,11-14H2,1-2H3,(H,23,25). The first-order valence-corrected chi connectivity index (χ1v) is 11.9. The minimum atomic E-state index is -3.45. The van der Waals surface area contributed by atoms with Gasteiger partial charge in [-0.25, -0.2) is 13.4 Å². The Labute approximate surface area is 175 Å². The van der Waals surface area contributed by atoms with Crippen LogP contribution < -0.4 is 5.32 Å². The lowest BCUT2D eigenvalue weighted by Crippen LogP contribution is -2.27.